The number of methoxy groups -OCH3 is 1. The molecule has 26 heavy (non-hydrogen) atoms. The molecule has 0 unspecified atom stereocenters. The molecule has 0 radical (unpaired) electrons. The summed E-state index contributed by atoms with van der Waals surface area (Å²) in [5.41, 5.74) is 0.327. The van der Waals surface area contributed by atoms with E-state index in [0.717, 1.165) is 6.07 Å². The minimum absolute atomic E-state index is 0.00295. The zero-order chi connectivity index (χ0) is 19.1. The highest BCUT2D eigenvalue weighted by atomic mass is 32.3. The number of fused-ring (bicyclic) bond motifs is 1. The van der Waals surface area contributed by atoms with E-state index < -0.39 is 28.0 Å². The summed E-state index contributed by atoms with van der Waals surface area (Å²) in [5, 5.41) is 19.4. The van der Waals surface area contributed by atoms with Gasteiger partial charge in [-0.1, -0.05) is 6.07 Å². The van der Waals surface area contributed by atoms with Crippen molar-refractivity contribution in [1.29, 1.82) is 0 Å². The number of carbonyl (C=O) groups excluding carboxylic acids is 1. The molecule has 1 aliphatic heterocycles. The van der Waals surface area contributed by atoms with E-state index >= 15 is 0 Å². The highest BCUT2D eigenvalue weighted by molar-refractivity contribution is 7.81. The number of carbonyl (C=O) groups is 1. The monoisotopic (exact) mass is 382 g/mol. The van der Waals surface area contributed by atoms with Crippen molar-refractivity contribution in [3.05, 3.63) is 41.5 Å². The van der Waals surface area contributed by atoms with E-state index in [-0.39, 0.29) is 35.0 Å². The van der Waals surface area contributed by atoms with Crippen LogP contribution in [-0.2, 0) is 10.4 Å². The average Bonchev–Trinajstić information content (AvgIpc) is 2.52. The lowest BCUT2D eigenvalue weighted by Crippen LogP contribution is -2.20. The van der Waals surface area contributed by atoms with E-state index in [1.807, 2.05) is 0 Å². The Kier molecular flexibility index (Phi) is 4.38. The quantitative estimate of drug-likeness (QED) is 0.677. The van der Waals surface area contributed by atoms with E-state index in [9.17, 15) is 23.4 Å². The minimum Gasteiger partial charge on any atom is -0.508 e. The Labute approximate surface area is 148 Å². The molecule has 2 aromatic carbocycles. The van der Waals surface area contributed by atoms with Crippen LogP contribution in [0.15, 0.2) is 30.3 Å². The van der Waals surface area contributed by atoms with Gasteiger partial charge in [0.15, 0.2) is 17.3 Å². The van der Waals surface area contributed by atoms with Gasteiger partial charge in [0.2, 0.25) is 0 Å². The zero-order valence-corrected chi connectivity index (χ0v) is 14.2. The first kappa shape index (κ1) is 17.8. The Morgan fingerprint density at radius 3 is 2.54 bits per heavy atom. The number of phenols is 2. The fourth-order valence-electron chi connectivity index (χ4n) is 2.68. The first-order chi connectivity index (χ1) is 12.2. The standard InChI is InChI=1S/C16H14O9S/c1-23-12-3-2-8(4-14(12)25-26(20,21)22)13-7-11(19)16-10(18)5-9(17)6-15(16)24-13/h2-6,13,17-18H,7H2,1H3,(H,20,21,22)/t13-/m0/s1. The van der Waals surface area contributed by atoms with Crippen molar-refractivity contribution in [2.45, 2.75) is 12.5 Å². The summed E-state index contributed by atoms with van der Waals surface area (Å²) < 4.78 is 45.9. The Hall–Kier alpha value is -2.98. The predicted molar refractivity (Wildman–Crippen MR) is 87.3 cm³/mol. The molecule has 0 fully saturated rings. The predicted octanol–water partition coefficient (Wildman–Crippen LogP) is 1.99. The Morgan fingerprint density at radius 2 is 1.88 bits per heavy atom. The number of rotatable bonds is 4. The molecular weight excluding hydrogens is 368 g/mol. The first-order valence-electron chi connectivity index (χ1n) is 7.28. The van der Waals surface area contributed by atoms with Crippen LogP contribution in [0.4, 0.5) is 0 Å². The van der Waals surface area contributed by atoms with Gasteiger partial charge in [0.1, 0.15) is 28.9 Å². The SMILES string of the molecule is COc1ccc([C@@H]2CC(=O)c3c(O)cc(O)cc3O2)cc1OS(=O)(=O)O. The Morgan fingerprint density at radius 1 is 1.15 bits per heavy atom. The molecular formula is C16H14O9S. The molecule has 3 N–H and O–H groups in total. The van der Waals surface area contributed by atoms with Crippen molar-refractivity contribution >= 4 is 16.2 Å². The molecule has 0 aromatic heterocycles. The topological polar surface area (TPSA) is 140 Å². The van der Waals surface area contributed by atoms with E-state index in [4.69, 9.17) is 14.0 Å². The summed E-state index contributed by atoms with van der Waals surface area (Å²) in [5.74, 6) is -1.33. The van der Waals surface area contributed by atoms with E-state index in [0.29, 0.717) is 5.56 Å². The summed E-state index contributed by atoms with van der Waals surface area (Å²) >= 11 is 0. The van der Waals surface area contributed by atoms with Gasteiger partial charge < -0.3 is 23.9 Å². The molecule has 0 saturated heterocycles. The van der Waals surface area contributed by atoms with Crippen LogP contribution in [0, 0.1) is 0 Å². The van der Waals surface area contributed by atoms with Crippen molar-refractivity contribution < 1.29 is 41.6 Å². The molecule has 10 heteroatoms. The highest BCUT2D eigenvalue weighted by Gasteiger charge is 2.31. The molecule has 1 aliphatic rings. The summed E-state index contributed by atoms with van der Waals surface area (Å²) in [6.07, 6.45) is -0.964. The third kappa shape index (κ3) is 3.51. The molecule has 0 bridgehead atoms. The molecule has 0 amide bonds. The number of benzene rings is 2. The van der Waals surface area contributed by atoms with Gasteiger partial charge >= 0.3 is 10.4 Å². The summed E-state index contributed by atoms with van der Waals surface area (Å²) in [4.78, 5) is 12.3. The Balaban J connectivity index is 2.00. The van der Waals surface area contributed by atoms with Crippen LogP contribution in [0.5, 0.6) is 28.7 Å². The maximum atomic E-state index is 12.3. The maximum absolute atomic E-state index is 12.3. The van der Waals surface area contributed by atoms with E-state index in [1.54, 1.807) is 0 Å². The Bertz CT molecular complexity index is 981. The molecule has 1 heterocycles. The third-order valence-electron chi connectivity index (χ3n) is 3.74. The van der Waals surface area contributed by atoms with Gasteiger partial charge in [0, 0.05) is 12.1 Å². The number of Topliss-reactive ketones (excluding diaryl/α,β-unsaturated/α-hetero) is 1. The lowest BCUT2D eigenvalue weighted by atomic mass is 9.95. The number of ether oxygens (including phenoxy) is 2. The maximum Gasteiger partial charge on any atom is 0.446 e. The van der Waals surface area contributed by atoms with Crippen LogP contribution in [0.25, 0.3) is 0 Å². The molecule has 138 valence electrons. The van der Waals surface area contributed by atoms with Crippen molar-refractivity contribution in [2.24, 2.45) is 0 Å². The highest BCUT2D eigenvalue weighted by Crippen LogP contribution is 2.42. The number of phenolic OH excluding ortho intramolecular Hbond substituents is 2. The molecule has 2 aromatic rings. The van der Waals surface area contributed by atoms with Crippen molar-refractivity contribution in [3.63, 3.8) is 0 Å². The average molecular weight is 382 g/mol. The van der Waals surface area contributed by atoms with Gasteiger partial charge in [-0.15, -0.1) is 0 Å². The van der Waals surface area contributed by atoms with Crippen LogP contribution in [0.3, 0.4) is 0 Å². The summed E-state index contributed by atoms with van der Waals surface area (Å²) in [7, 11) is -3.50. The molecule has 0 aliphatic carbocycles. The number of hydrogen-bond acceptors (Lipinski definition) is 8. The van der Waals surface area contributed by atoms with Gasteiger partial charge in [0.05, 0.1) is 13.5 Å². The number of aromatic hydroxyl groups is 2. The summed E-state index contributed by atoms with van der Waals surface area (Å²) in [6.45, 7) is 0. The van der Waals surface area contributed by atoms with Crippen LogP contribution < -0.4 is 13.7 Å². The van der Waals surface area contributed by atoms with E-state index in [2.05, 4.69) is 4.18 Å². The third-order valence-corrected chi connectivity index (χ3v) is 4.13. The van der Waals surface area contributed by atoms with Crippen molar-refractivity contribution in [1.82, 2.24) is 0 Å². The van der Waals surface area contributed by atoms with Crippen LogP contribution in [0.2, 0.25) is 0 Å². The normalized spacial score (nSPS) is 16.5. The second-order valence-corrected chi connectivity index (χ2v) is 6.52. The lowest BCUT2D eigenvalue weighted by molar-refractivity contribution is 0.0844. The first-order valence-corrected chi connectivity index (χ1v) is 8.65. The second kappa shape index (κ2) is 6.39. The molecule has 9 nitrogen and oxygen atoms in total. The molecule has 3 rings (SSSR count). The van der Waals surface area contributed by atoms with Gasteiger partial charge in [0.25, 0.3) is 0 Å². The largest absolute Gasteiger partial charge is 0.508 e. The van der Waals surface area contributed by atoms with Gasteiger partial charge in [-0.05, 0) is 17.7 Å². The van der Waals surface area contributed by atoms with Gasteiger partial charge in [-0.2, -0.15) is 8.42 Å². The van der Waals surface area contributed by atoms with Crippen LogP contribution in [-0.4, -0.2) is 36.1 Å². The van der Waals surface area contributed by atoms with Gasteiger partial charge in [-0.3, -0.25) is 9.35 Å². The van der Waals surface area contributed by atoms with Crippen molar-refractivity contribution in [3.8, 4) is 28.7 Å². The van der Waals surface area contributed by atoms with Crippen molar-refractivity contribution in [2.75, 3.05) is 7.11 Å². The zero-order valence-electron chi connectivity index (χ0n) is 13.4. The summed E-state index contributed by atoms with van der Waals surface area (Å²) in [6, 6.07) is 6.39. The smallest absolute Gasteiger partial charge is 0.446 e. The van der Waals surface area contributed by atoms with Crippen LogP contribution >= 0.6 is 0 Å². The number of hydrogen-bond donors (Lipinski definition) is 3. The fourth-order valence-corrected chi connectivity index (χ4v) is 3.04. The van der Waals surface area contributed by atoms with Crippen LogP contribution in [0.1, 0.15) is 28.4 Å². The second-order valence-electron chi connectivity index (χ2n) is 5.49. The molecule has 0 spiro atoms. The fraction of sp³-hybridized carbons (Fsp3) is 0.188. The van der Waals surface area contributed by atoms with E-state index in [1.165, 1.54) is 31.4 Å². The lowest BCUT2D eigenvalue weighted by Gasteiger charge is -2.26. The number of ketones is 1. The van der Waals surface area contributed by atoms with Gasteiger partial charge in [-0.25, -0.2) is 0 Å². The minimum atomic E-state index is -4.78. The molecule has 1 atom stereocenters. The molecule has 0 saturated carbocycles.